The summed E-state index contributed by atoms with van der Waals surface area (Å²) in [5.74, 6) is -2.60. The molecule has 0 aliphatic carbocycles. The lowest BCUT2D eigenvalue weighted by Crippen LogP contribution is -2.28. The van der Waals surface area contributed by atoms with Gasteiger partial charge in [-0.15, -0.1) is 0 Å². The van der Waals surface area contributed by atoms with E-state index in [1.807, 2.05) is 0 Å². The molecule has 1 aromatic carbocycles. The van der Waals surface area contributed by atoms with Gasteiger partial charge in [-0.2, -0.15) is 16.8 Å². The van der Waals surface area contributed by atoms with Gasteiger partial charge >= 0.3 is 0 Å². The van der Waals surface area contributed by atoms with Crippen LogP contribution in [0.25, 0.3) is 0 Å². The van der Waals surface area contributed by atoms with E-state index < -0.39 is 53.6 Å². The summed E-state index contributed by atoms with van der Waals surface area (Å²) in [6.45, 7) is -0.223. The second-order valence-corrected chi connectivity index (χ2v) is 11.4. The first-order valence-corrected chi connectivity index (χ1v) is 13.8. The minimum absolute atomic E-state index is 0.0764. The number of anilines is 1. The van der Waals surface area contributed by atoms with E-state index in [1.54, 1.807) is 0 Å². The number of carbonyl (C=O) groups is 2. The molecule has 5 N–H and O–H groups in total. The Bertz CT molecular complexity index is 1060. The molecule has 0 aliphatic rings. The van der Waals surface area contributed by atoms with E-state index in [2.05, 4.69) is 15.4 Å². The van der Waals surface area contributed by atoms with E-state index in [1.165, 1.54) is 0 Å². The Kier molecular flexibility index (Phi) is 9.37. The minimum atomic E-state index is -4.19. The molecular weight excluding hydrogens is 478 g/mol. The molecule has 0 atom stereocenters. The second kappa shape index (κ2) is 10.9. The van der Waals surface area contributed by atoms with Crippen molar-refractivity contribution < 1.29 is 43.9 Å². The number of sulfonamides is 1. The summed E-state index contributed by atoms with van der Waals surface area (Å²) in [7, 11) is -12.1. The molecule has 0 bridgehead atoms. The third-order valence-electron chi connectivity index (χ3n) is 3.49. The number of hydrogen-bond acceptors (Lipinski definition) is 8. The first-order chi connectivity index (χ1) is 14.1. The van der Waals surface area contributed by atoms with E-state index in [-0.39, 0.29) is 42.7 Å². The van der Waals surface area contributed by atoms with Crippen LogP contribution in [-0.4, -0.2) is 77.0 Å². The highest BCUT2D eigenvalue weighted by Gasteiger charge is 2.15. The molecule has 0 radical (unpaired) electrons. The maximum atomic E-state index is 12.3. The zero-order valence-corrected chi connectivity index (χ0v) is 18.8. The van der Waals surface area contributed by atoms with Crippen molar-refractivity contribution in [2.24, 2.45) is 0 Å². The maximum Gasteiger partial charge on any atom is 0.264 e. The van der Waals surface area contributed by atoms with Gasteiger partial charge in [0.05, 0.1) is 23.4 Å². The van der Waals surface area contributed by atoms with Crippen molar-refractivity contribution in [1.29, 1.82) is 0 Å². The zero-order chi connectivity index (χ0) is 23.9. The molecule has 0 spiro atoms. The summed E-state index contributed by atoms with van der Waals surface area (Å²) < 4.78 is 85.3. The normalized spacial score (nSPS) is 12.2. The predicted molar refractivity (Wildman–Crippen MR) is 112 cm³/mol. The first-order valence-electron chi connectivity index (χ1n) is 8.65. The SMILES string of the molecule is CS(=O)(=O)Nc1cc(C(=O)NCCCS(=O)(=O)O)cc(C(=O)NCCCS(=O)(=O)O)c1. The van der Waals surface area contributed by atoms with Crippen molar-refractivity contribution in [2.75, 3.05) is 35.6 Å². The van der Waals surface area contributed by atoms with Gasteiger partial charge in [-0.05, 0) is 31.0 Å². The Morgan fingerprint density at radius 3 is 1.48 bits per heavy atom. The third kappa shape index (κ3) is 12.2. The average molecular weight is 502 g/mol. The average Bonchev–Trinajstić information content (AvgIpc) is 2.58. The van der Waals surface area contributed by atoms with Crippen molar-refractivity contribution in [1.82, 2.24) is 10.6 Å². The molecule has 176 valence electrons. The van der Waals surface area contributed by atoms with Crippen LogP contribution in [0.5, 0.6) is 0 Å². The van der Waals surface area contributed by atoms with Gasteiger partial charge in [-0.25, -0.2) is 8.42 Å². The molecule has 0 saturated carbocycles. The smallest absolute Gasteiger partial charge is 0.264 e. The Labute approximate surface area is 180 Å². The highest BCUT2D eigenvalue weighted by Crippen LogP contribution is 2.17. The van der Waals surface area contributed by atoms with Crippen molar-refractivity contribution >= 4 is 47.8 Å². The molecule has 13 nitrogen and oxygen atoms in total. The molecule has 0 unspecified atom stereocenters. The van der Waals surface area contributed by atoms with Gasteiger partial charge in [0.1, 0.15) is 0 Å². The molecule has 0 aliphatic heterocycles. The van der Waals surface area contributed by atoms with Crippen LogP contribution >= 0.6 is 0 Å². The van der Waals surface area contributed by atoms with Gasteiger partial charge in [0.15, 0.2) is 0 Å². The monoisotopic (exact) mass is 501 g/mol. The topological polar surface area (TPSA) is 213 Å². The summed E-state index contributed by atoms with van der Waals surface area (Å²) in [5.41, 5.74) is -0.302. The van der Waals surface area contributed by atoms with Crippen LogP contribution in [0.1, 0.15) is 33.6 Å². The van der Waals surface area contributed by atoms with Crippen molar-refractivity contribution in [2.45, 2.75) is 12.8 Å². The Morgan fingerprint density at radius 1 is 0.774 bits per heavy atom. The number of carbonyl (C=O) groups excluding carboxylic acids is 2. The molecule has 16 heteroatoms. The van der Waals surface area contributed by atoms with Gasteiger partial charge in [0.2, 0.25) is 10.0 Å². The fourth-order valence-electron chi connectivity index (χ4n) is 2.28. The summed E-state index contributed by atoms with van der Waals surface area (Å²) >= 11 is 0. The molecule has 0 fully saturated rings. The molecular formula is C15H23N3O10S3. The quantitative estimate of drug-likeness (QED) is 0.175. The molecule has 0 aromatic heterocycles. The van der Waals surface area contributed by atoms with Crippen LogP contribution in [0.3, 0.4) is 0 Å². The van der Waals surface area contributed by atoms with Crippen LogP contribution in [0.15, 0.2) is 18.2 Å². The minimum Gasteiger partial charge on any atom is -0.352 e. The zero-order valence-electron chi connectivity index (χ0n) is 16.4. The van der Waals surface area contributed by atoms with Crippen molar-refractivity contribution in [3.05, 3.63) is 29.3 Å². The lowest BCUT2D eigenvalue weighted by molar-refractivity contribution is 0.0953. The van der Waals surface area contributed by atoms with Crippen LogP contribution in [-0.2, 0) is 30.3 Å². The van der Waals surface area contributed by atoms with Gasteiger partial charge in [-0.3, -0.25) is 23.4 Å². The lowest BCUT2D eigenvalue weighted by Gasteiger charge is -2.11. The first kappa shape index (κ1) is 26.8. The molecule has 1 aromatic rings. The maximum absolute atomic E-state index is 12.3. The Hall–Kier alpha value is -2.27. The number of amides is 2. The fourth-order valence-corrected chi connectivity index (χ4v) is 3.84. The molecule has 2 amide bonds. The molecule has 31 heavy (non-hydrogen) atoms. The van der Waals surface area contributed by atoms with Gasteiger partial charge in [-0.1, -0.05) is 0 Å². The lowest BCUT2D eigenvalue weighted by atomic mass is 10.1. The third-order valence-corrected chi connectivity index (χ3v) is 5.71. The largest absolute Gasteiger partial charge is 0.352 e. The summed E-state index contributed by atoms with van der Waals surface area (Å²) in [4.78, 5) is 24.6. The second-order valence-electron chi connectivity index (χ2n) is 6.46. The summed E-state index contributed by atoms with van der Waals surface area (Å²) in [6.07, 6.45) is 0.712. The predicted octanol–water partition coefficient (Wildman–Crippen LogP) is -0.926. The Balaban J connectivity index is 2.95. The van der Waals surface area contributed by atoms with Crippen LogP contribution < -0.4 is 15.4 Å². The van der Waals surface area contributed by atoms with Crippen molar-refractivity contribution in [3.63, 3.8) is 0 Å². The van der Waals surface area contributed by atoms with E-state index in [0.717, 1.165) is 24.5 Å². The number of hydrogen-bond donors (Lipinski definition) is 5. The number of rotatable bonds is 12. The standard InChI is InChI=1S/C15H23N3O10S3/c1-29(21,22)18-13-9-11(14(19)16-4-2-6-30(23,24)25)8-12(10-13)15(20)17-5-3-7-31(26,27)28/h8-10,18H,2-7H2,1H3,(H,16,19)(H,17,20)(H,23,24,25)(H,26,27,28). The number of benzene rings is 1. The van der Waals surface area contributed by atoms with Crippen molar-refractivity contribution in [3.8, 4) is 0 Å². The van der Waals surface area contributed by atoms with Gasteiger partial charge in [0.25, 0.3) is 32.1 Å². The summed E-state index contributed by atoms with van der Waals surface area (Å²) in [6, 6.07) is 3.48. The van der Waals surface area contributed by atoms with Crippen LogP contribution in [0, 0.1) is 0 Å². The highest BCUT2D eigenvalue weighted by molar-refractivity contribution is 7.92. The number of nitrogens with one attached hydrogen (secondary N) is 3. The molecule has 0 heterocycles. The van der Waals surface area contributed by atoms with Gasteiger partial charge < -0.3 is 10.6 Å². The molecule has 1 rings (SSSR count). The summed E-state index contributed by atoms with van der Waals surface area (Å²) in [5, 5.41) is 4.76. The van der Waals surface area contributed by atoms with Crippen LogP contribution in [0.4, 0.5) is 5.69 Å². The highest BCUT2D eigenvalue weighted by atomic mass is 32.2. The van der Waals surface area contributed by atoms with E-state index >= 15 is 0 Å². The van der Waals surface area contributed by atoms with E-state index in [9.17, 15) is 34.8 Å². The van der Waals surface area contributed by atoms with E-state index in [4.69, 9.17) is 9.11 Å². The Morgan fingerprint density at radius 2 is 1.16 bits per heavy atom. The molecule has 0 saturated heterocycles. The fraction of sp³-hybridized carbons (Fsp3) is 0.467. The van der Waals surface area contributed by atoms with E-state index in [0.29, 0.717) is 0 Å². The van der Waals surface area contributed by atoms with Crippen LogP contribution in [0.2, 0.25) is 0 Å². The van der Waals surface area contributed by atoms with Gasteiger partial charge in [0, 0.05) is 24.2 Å².